The van der Waals surface area contributed by atoms with E-state index in [1.54, 1.807) is 0 Å². The number of aryl methyl sites for hydroxylation is 2. The molecule has 0 radical (unpaired) electrons. The molecular formula is C14H16N2S. The van der Waals surface area contributed by atoms with Crippen LogP contribution in [0, 0.1) is 0 Å². The van der Waals surface area contributed by atoms with Crippen molar-refractivity contribution in [3.05, 3.63) is 59.9 Å². The van der Waals surface area contributed by atoms with Crippen molar-refractivity contribution in [2.24, 2.45) is 5.73 Å². The smallest absolute Gasteiger partial charge is 0.120 e. The third-order valence-electron chi connectivity index (χ3n) is 2.79. The second-order valence-corrected chi connectivity index (χ2v) is 4.48. The molecule has 0 atom stereocenters. The van der Waals surface area contributed by atoms with Gasteiger partial charge >= 0.3 is 0 Å². The molecule has 0 aliphatic carbocycles. The number of nitrogens with two attached hydrogens (primary N) is 1. The third-order valence-corrected chi connectivity index (χ3v) is 3.00. The van der Waals surface area contributed by atoms with Crippen molar-refractivity contribution in [3.8, 4) is 0 Å². The summed E-state index contributed by atoms with van der Waals surface area (Å²) in [6, 6.07) is 14.5. The Labute approximate surface area is 107 Å². The van der Waals surface area contributed by atoms with Gasteiger partial charge in [-0.05, 0) is 30.5 Å². The van der Waals surface area contributed by atoms with Crippen LogP contribution in [0.2, 0.25) is 0 Å². The van der Waals surface area contributed by atoms with Gasteiger partial charge < -0.3 is 10.3 Å². The first-order valence-electron chi connectivity index (χ1n) is 5.76. The number of hydrogen-bond acceptors (Lipinski definition) is 1. The largest absolute Gasteiger partial charge is 0.388 e. The Morgan fingerprint density at radius 3 is 2.59 bits per heavy atom. The number of rotatable bonds is 5. The first-order valence-corrected chi connectivity index (χ1v) is 6.17. The molecule has 2 nitrogen and oxygen atoms in total. The summed E-state index contributed by atoms with van der Waals surface area (Å²) in [6.45, 7) is 0.953. The molecule has 17 heavy (non-hydrogen) atoms. The summed E-state index contributed by atoms with van der Waals surface area (Å²) in [6.07, 6.45) is 4.20. The lowest BCUT2D eigenvalue weighted by Crippen LogP contribution is -2.15. The summed E-state index contributed by atoms with van der Waals surface area (Å²) in [5.41, 5.74) is 7.98. The molecule has 1 aromatic carbocycles. The lowest BCUT2D eigenvalue weighted by atomic mass is 10.1. The maximum Gasteiger partial charge on any atom is 0.120 e. The summed E-state index contributed by atoms with van der Waals surface area (Å²) in [5.74, 6) is 0. The van der Waals surface area contributed by atoms with E-state index in [1.807, 2.05) is 24.4 Å². The standard InChI is InChI=1S/C14H16N2S/c15-14(17)13-9-5-11-16(13)10-4-8-12-6-2-1-3-7-12/h1-3,5-7,9,11H,4,8,10H2,(H2,15,17). The second-order valence-electron chi connectivity index (χ2n) is 4.04. The van der Waals surface area contributed by atoms with Gasteiger partial charge in [0.2, 0.25) is 0 Å². The zero-order valence-electron chi connectivity index (χ0n) is 9.67. The zero-order chi connectivity index (χ0) is 12.1. The molecule has 1 heterocycles. The average molecular weight is 244 g/mol. The zero-order valence-corrected chi connectivity index (χ0v) is 10.5. The number of thiocarbonyl (C=S) groups is 1. The first kappa shape index (κ1) is 11.9. The molecule has 2 rings (SSSR count). The minimum atomic E-state index is 0.467. The summed E-state index contributed by atoms with van der Waals surface area (Å²) < 4.78 is 2.12. The molecule has 0 bridgehead atoms. The van der Waals surface area contributed by atoms with Crippen molar-refractivity contribution in [1.82, 2.24) is 4.57 Å². The average Bonchev–Trinajstić information content (AvgIpc) is 2.79. The van der Waals surface area contributed by atoms with Crippen molar-refractivity contribution < 1.29 is 0 Å². The minimum Gasteiger partial charge on any atom is -0.388 e. The summed E-state index contributed by atoms with van der Waals surface area (Å²) in [4.78, 5) is 0.467. The molecule has 0 aliphatic heterocycles. The fourth-order valence-corrected chi connectivity index (χ4v) is 2.12. The van der Waals surface area contributed by atoms with Crippen molar-refractivity contribution in [3.63, 3.8) is 0 Å². The summed E-state index contributed by atoms with van der Waals surface area (Å²) >= 11 is 5.00. The highest BCUT2D eigenvalue weighted by atomic mass is 32.1. The first-order chi connectivity index (χ1) is 8.27. The molecule has 0 saturated carbocycles. The van der Waals surface area contributed by atoms with Crippen LogP contribution >= 0.6 is 12.2 Å². The lowest BCUT2D eigenvalue weighted by Gasteiger charge is -2.07. The molecule has 1 aromatic heterocycles. The maximum absolute atomic E-state index is 5.65. The Hall–Kier alpha value is -1.61. The van der Waals surface area contributed by atoms with Gasteiger partial charge in [-0.3, -0.25) is 0 Å². The number of aromatic nitrogens is 1. The van der Waals surface area contributed by atoms with E-state index in [2.05, 4.69) is 28.8 Å². The quantitative estimate of drug-likeness (QED) is 0.820. The molecule has 0 unspecified atom stereocenters. The van der Waals surface area contributed by atoms with Gasteiger partial charge in [0, 0.05) is 12.7 Å². The van der Waals surface area contributed by atoms with Crippen LogP contribution in [-0.2, 0) is 13.0 Å². The highest BCUT2D eigenvalue weighted by Crippen LogP contribution is 2.07. The second kappa shape index (κ2) is 5.64. The van der Waals surface area contributed by atoms with Crippen LogP contribution in [-0.4, -0.2) is 9.56 Å². The van der Waals surface area contributed by atoms with Gasteiger partial charge in [0.15, 0.2) is 0 Å². The normalized spacial score (nSPS) is 10.4. The summed E-state index contributed by atoms with van der Waals surface area (Å²) in [5, 5.41) is 0. The van der Waals surface area contributed by atoms with Crippen molar-refractivity contribution in [1.29, 1.82) is 0 Å². The van der Waals surface area contributed by atoms with Crippen LogP contribution in [0.4, 0.5) is 0 Å². The van der Waals surface area contributed by atoms with Crippen molar-refractivity contribution in [2.45, 2.75) is 19.4 Å². The van der Waals surface area contributed by atoms with Crippen LogP contribution in [0.3, 0.4) is 0 Å². The van der Waals surface area contributed by atoms with Gasteiger partial charge in [-0.25, -0.2) is 0 Å². The predicted molar refractivity (Wildman–Crippen MR) is 75.1 cm³/mol. The van der Waals surface area contributed by atoms with Crippen molar-refractivity contribution in [2.75, 3.05) is 0 Å². The molecule has 0 saturated heterocycles. The van der Waals surface area contributed by atoms with Gasteiger partial charge in [0.05, 0.1) is 5.69 Å². The van der Waals surface area contributed by atoms with E-state index in [9.17, 15) is 0 Å². The Bertz CT molecular complexity index is 488. The molecule has 2 N–H and O–H groups in total. The fraction of sp³-hybridized carbons (Fsp3) is 0.214. The number of nitrogens with zero attached hydrogens (tertiary/aromatic N) is 1. The molecule has 88 valence electrons. The minimum absolute atomic E-state index is 0.467. The summed E-state index contributed by atoms with van der Waals surface area (Å²) in [7, 11) is 0. The van der Waals surface area contributed by atoms with Gasteiger partial charge in [-0.1, -0.05) is 42.5 Å². The van der Waals surface area contributed by atoms with E-state index >= 15 is 0 Å². The predicted octanol–water partition coefficient (Wildman–Crippen LogP) is 2.76. The van der Waals surface area contributed by atoms with Gasteiger partial charge in [0.25, 0.3) is 0 Å². The van der Waals surface area contributed by atoms with E-state index < -0.39 is 0 Å². The van der Waals surface area contributed by atoms with E-state index in [4.69, 9.17) is 18.0 Å². The van der Waals surface area contributed by atoms with Crippen LogP contribution in [0.25, 0.3) is 0 Å². The fourth-order valence-electron chi connectivity index (χ4n) is 1.93. The molecule has 0 spiro atoms. The molecule has 0 fully saturated rings. The van der Waals surface area contributed by atoms with E-state index in [-0.39, 0.29) is 0 Å². The number of hydrogen-bond donors (Lipinski definition) is 1. The Morgan fingerprint density at radius 1 is 1.12 bits per heavy atom. The van der Waals surface area contributed by atoms with Crippen LogP contribution < -0.4 is 5.73 Å². The molecule has 3 heteroatoms. The van der Waals surface area contributed by atoms with Gasteiger partial charge in [-0.15, -0.1) is 0 Å². The Morgan fingerprint density at radius 2 is 1.88 bits per heavy atom. The van der Waals surface area contributed by atoms with Gasteiger partial charge in [0.1, 0.15) is 4.99 Å². The van der Waals surface area contributed by atoms with Crippen molar-refractivity contribution >= 4 is 17.2 Å². The topological polar surface area (TPSA) is 30.9 Å². The van der Waals surface area contributed by atoms with Crippen LogP contribution in [0.15, 0.2) is 48.7 Å². The van der Waals surface area contributed by atoms with E-state index in [1.165, 1.54) is 5.56 Å². The molecule has 2 aromatic rings. The van der Waals surface area contributed by atoms with Crippen LogP contribution in [0.5, 0.6) is 0 Å². The molecular weight excluding hydrogens is 228 g/mol. The van der Waals surface area contributed by atoms with E-state index in [0.29, 0.717) is 4.99 Å². The molecule has 0 amide bonds. The van der Waals surface area contributed by atoms with E-state index in [0.717, 1.165) is 25.1 Å². The number of benzene rings is 1. The Balaban J connectivity index is 1.90. The molecule has 0 aliphatic rings. The maximum atomic E-state index is 5.65. The van der Waals surface area contributed by atoms with Gasteiger partial charge in [-0.2, -0.15) is 0 Å². The Kier molecular flexibility index (Phi) is 3.94. The monoisotopic (exact) mass is 244 g/mol. The van der Waals surface area contributed by atoms with Crippen LogP contribution in [0.1, 0.15) is 17.7 Å². The highest BCUT2D eigenvalue weighted by molar-refractivity contribution is 7.80. The highest BCUT2D eigenvalue weighted by Gasteiger charge is 2.02. The lowest BCUT2D eigenvalue weighted by molar-refractivity contribution is 0.642. The SMILES string of the molecule is NC(=S)c1cccn1CCCc1ccccc1. The third kappa shape index (κ3) is 3.17.